The molecule has 1 aliphatic heterocycles. The zero-order valence-corrected chi connectivity index (χ0v) is 22.2. The van der Waals surface area contributed by atoms with E-state index in [1.54, 1.807) is 25.3 Å². The maximum Gasteiger partial charge on any atom is 0.213 e. The summed E-state index contributed by atoms with van der Waals surface area (Å²) in [6.07, 6.45) is 2.47. The minimum Gasteiger partial charge on any atom is -0.491 e. The summed E-state index contributed by atoms with van der Waals surface area (Å²) < 4.78 is 19.5. The van der Waals surface area contributed by atoms with Crippen molar-refractivity contribution in [2.24, 2.45) is 5.73 Å². The number of benzene rings is 2. The number of morpholine rings is 1. The predicted octanol–water partition coefficient (Wildman–Crippen LogP) is 5.07. The lowest BCUT2D eigenvalue weighted by Gasteiger charge is -2.31. The normalized spacial score (nSPS) is 15.6. The van der Waals surface area contributed by atoms with E-state index < -0.39 is 0 Å². The van der Waals surface area contributed by atoms with Crippen LogP contribution in [-0.2, 0) is 4.74 Å². The molecule has 37 heavy (non-hydrogen) atoms. The molecule has 2 aromatic heterocycles. The van der Waals surface area contributed by atoms with Crippen molar-refractivity contribution >= 4 is 40.7 Å². The standard InChI is InChI=1S/C26H24ClN3O4S.CH5N/c1-32-25-12-18(7-8-28-25)17-3-2-4-20(11-17)34-16-21-14-30(9-10-33-21)35-26-22-13-19(27)5-6-23(22)29-24(26)15-31;1-2/h2-8,11-13,15,21,29H,9-10,14,16H2,1H3;2H2,1H3. The lowest BCUT2D eigenvalue weighted by Crippen LogP contribution is -2.41. The van der Waals surface area contributed by atoms with Gasteiger partial charge in [0, 0.05) is 41.3 Å². The molecule has 194 valence electrons. The van der Waals surface area contributed by atoms with Gasteiger partial charge in [-0.1, -0.05) is 23.7 Å². The van der Waals surface area contributed by atoms with Crippen molar-refractivity contribution in [3.63, 3.8) is 0 Å². The van der Waals surface area contributed by atoms with Gasteiger partial charge in [0.15, 0.2) is 6.29 Å². The number of nitrogens with one attached hydrogen (secondary N) is 1. The Labute approximate surface area is 225 Å². The molecule has 0 radical (unpaired) electrons. The first-order valence-corrected chi connectivity index (χ1v) is 12.9. The fourth-order valence-electron chi connectivity index (χ4n) is 4.00. The molecule has 1 atom stereocenters. The summed E-state index contributed by atoms with van der Waals surface area (Å²) in [6, 6.07) is 17.3. The first kappa shape index (κ1) is 27.0. The van der Waals surface area contributed by atoms with Crippen molar-refractivity contribution in [2.75, 3.05) is 40.5 Å². The van der Waals surface area contributed by atoms with Gasteiger partial charge in [-0.3, -0.25) is 4.79 Å². The number of fused-ring (bicyclic) bond motifs is 1. The van der Waals surface area contributed by atoms with Crippen molar-refractivity contribution in [1.82, 2.24) is 14.3 Å². The number of aldehydes is 1. The molecule has 3 N–H and O–H groups in total. The minimum absolute atomic E-state index is 0.102. The lowest BCUT2D eigenvalue weighted by atomic mass is 10.1. The highest BCUT2D eigenvalue weighted by atomic mass is 35.5. The van der Waals surface area contributed by atoms with Gasteiger partial charge in [0.25, 0.3) is 0 Å². The van der Waals surface area contributed by atoms with E-state index in [0.717, 1.165) is 45.5 Å². The van der Waals surface area contributed by atoms with Gasteiger partial charge in [0.1, 0.15) is 18.5 Å². The first-order valence-electron chi connectivity index (χ1n) is 11.7. The third kappa shape index (κ3) is 6.63. The molecule has 8 nitrogen and oxygen atoms in total. The Morgan fingerprint density at radius 2 is 2.05 bits per heavy atom. The van der Waals surface area contributed by atoms with E-state index in [9.17, 15) is 4.79 Å². The number of halogens is 1. The Bertz CT molecular complexity index is 1350. The molecule has 0 bridgehead atoms. The number of carbonyl (C=O) groups excluding carboxylic acids is 1. The fraction of sp³-hybridized carbons (Fsp3) is 0.259. The van der Waals surface area contributed by atoms with Gasteiger partial charge in [-0.2, -0.15) is 0 Å². The van der Waals surface area contributed by atoms with E-state index in [4.69, 9.17) is 25.8 Å². The number of hydrogen-bond donors (Lipinski definition) is 2. The second-order valence-electron chi connectivity index (χ2n) is 8.07. The van der Waals surface area contributed by atoms with Crippen LogP contribution in [0, 0.1) is 0 Å². The quantitative estimate of drug-likeness (QED) is 0.236. The van der Waals surface area contributed by atoms with E-state index in [-0.39, 0.29) is 6.10 Å². The molecule has 2 aromatic carbocycles. The van der Waals surface area contributed by atoms with E-state index in [2.05, 4.69) is 20.0 Å². The predicted molar refractivity (Wildman–Crippen MR) is 148 cm³/mol. The summed E-state index contributed by atoms with van der Waals surface area (Å²) in [5, 5.41) is 1.57. The zero-order valence-electron chi connectivity index (χ0n) is 20.6. The Morgan fingerprint density at radius 1 is 1.22 bits per heavy atom. The number of aromatic nitrogens is 2. The topological polar surface area (TPSA) is 103 Å². The number of nitrogens with two attached hydrogens (primary N) is 1. The van der Waals surface area contributed by atoms with Crippen LogP contribution in [0.2, 0.25) is 5.02 Å². The van der Waals surface area contributed by atoms with E-state index in [1.165, 1.54) is 7.05 Å². The lowest BCUT2D eigenvalue weighted by molar-refractivity contribution is -0.0224. The second-order valence-corrected chi connectivity index (χ2v) is 9.62. The van der Waals surface area contributed by atoms with Crippen molar-refractivity contribution < 1.29 is 19.0 Å². The fourth-order valence-corrected chi connectivity index (χ4v) is 5.30. The zero-order chi connectivity index (χ0) is 26.2. The highest BCUT2D eigenvalue weighted by Gasteiger charge is 2.24. The third-order valence-corrected chi connectivity index (χ3v) is 7.17. The van der Waals surface area contributed by atoms with Crippen LogP contribution < -0.4 is 15.2 Å². The Balaban J connectivity index is 0.00000156. The molecule has 10 heteroatoms. The Kier molecular flexibility index (Phi) is 9.43. The molecule has 0 saturated carbocycles. The Morgan fingerprint density at radius 3 is 2.86 bits per heavy atom. The number of hydrogen-bond acceptors (Lipinski definition) is 8. The molecule has 3 heterocycles. The van der Waals surface area contributed by atoms with Gasteiger partial charge in [0.2, 0.25) is 5.88 Å². The van der Waals surface area contributed by atoms with Crippen molar-refractivity contribution in [2.45, 2.75) is 11.0 Å². The molecule has 1 unspecified atom stereocenters. The number of rotatable bonds is 8. The van der Waals surface area contributed by atoms with Crippen LogP contribution in [-0.4, -0.2) is 67.1 Å². The van der Waals surface area contributed by atoms with Crippen molar-refractivity contribution in [3.05, 3.63) is 71.5 Å². The SMILES string of the molecule is CN.COc1cc(-c2cccc(OCC3CN(Sc4c(C=O)[nH]c5ccc(Cl)cc45)CCO3)c2)ccn1. The summed E-state index contributed by atoms with van der Waals surface area (Å²) in [4.78, 5) is 19.9. The number of ether oxygens (including phenoxy) is 3. The highest BCUT2D eigenvalue weighted by molar-refractivity contribution is 7.97. The second kappa shape index (κ2) is 12.9. The van der Waals surface area contributed by atoms with Crippen LogP contribution in [0.4, 0.5) is 0 Å². The number of methoxy groups -OCH3 is 1. The van der Waals surface area contributed by atoms with Gasteiger partial charge in [0.05, 0.1) is 24.3 Å². The molecule has 4 aromatic rings. The average molecular weight is 541 g/mol. The highest BCUT2D eigenvalue weighted by Crippen LogP contribution is 2.35. The maximum atomic E-state index is 11.7. The van der Waals surface area contributed by atoms with Crippen molar-refractivity contribution in [3.8, 4) is 22.8 Å². The monoisotopic (exact) mass is 540 g/mol. The number of nitrogens with zero attached hydrogens (tertiary/aromatic N) is 2. The molecule has 1 fully saturated rings. The smallest absolute Gasteiger partial charge is 0.213 e. The number of aromatic amines is 1. The van der Waals surface area contributed by atoms with E-state index in [0.29, 0.717) is 36.4 Å². The van der Waals surface area contributed by atoms with Crippen LogP contribution in [0.3, 0.4) is 0 Å². The molecular formula is C27H29ClN4O4S. The molecule has 1 saturated heterocycles. The number of pyridine rings is 1. The summed E-state index contributed by atoms with van der Waals surface area (Å²) in [6.45, 7) is 2.40. The molecule has 0 aliphatic carbocycles. The van der Waals surface area contributed by atoms with Gasteiger partial charge in [-0.05, 0) is 66.5 Å². The van der Waals surface area contributed by atoms with Crippen LogP contribution in [0.5, 0.6) is 11.6 Å². The Hall–Kier alpha value is -3.08. The summed E-state index contributed by atoms with van der Waals surface area (Å²) in [5.74, 6) is 1.33. The first-order chi connectivity index (χ1) is 18.1. The number of carbonyl (C=O) groups is 1. The summed E-state index contributed by atoms with van der Waals surface area (Å²) in [5.41, 5.74) is 7.96. The number of H-pyrrole nitrogens is 1. The molecule has 0 amide bonds. The van der Waals surface area contributed by atoms with Crippen LogP contribution in [0.15, 0.2) is 65.7 Å². The van der Waals surface area contributed by atoms with E-state index in [1.807, 2.05) is 54.6 Å². The molecule has 5 rings (SSSR count). The van der Waals surface area contributed by atoms with Crippen LogP contribution in [0.1, 0.15) is 10.5 Å². The molecule has 0 spiro atoms. The largest absolute Gasteiger partial charge is 0.491 e. The van der Waals surface area contributed by atoms with E-state index >= 15 is 0 Å². The van der Waals surface area contributed by atoms with Crippen LogP contribution in [0.25, 0.3) is 22.0 Å². The van der Waals surface area contributed by atoms with Gasteiger partial charge in [-0.25, -0.2) is 9.29 Å². The average Bonchev–Trinajstić information content (AvgIpc) is 3.29. The van der Waals surface area contributed by atoms with Crippen molar-refractivity contribution in [1.29, 1.82) is 0 Å². The van der Waals surface area contributed by atoms with Gasteiger partial charge in [-0.15, -0.1) is 0 Å². The summed E-state index contributed by atoms with van der Waals surface area (Å²) in [7, 11) is 3.10. The van der Waals surface area contributed by atoms with Gasteiger partial charge >= 0.3 is 0 Å². The molecular weight excluding hydrogens is 512 g/mol. The van der Waals surface area contributed by atoms with Gasteiger partial charge < -0.3 is 24.9 Å². The third-order valence-electron chi connectivity index (χ3n) is 5.73. The minimum atomic E-state index is -0.102. The summed E-state index contributed by atoms with van der Waals surface area (Å²) >= 11 is 7.75. The molecule has 1 aliphatic rings. The maximum absolute atomic E-state index is 11.7. The van der Waals surface area contributed by atoms with Crippen LogP contribution >= 0.6 is 23.5 Å².